The van der Waals surface area contributed by atoms with Crippen LogP contribution in [0.1, 0.15) is 37.8 Å². The number of aromatic nitrogens is 2. The fourth-order valence-electron chi connectivity index (χ4n) is 3.87. The summed E-state index contributed by atoms with van der Waals surface area (Å²) in [4.78, 5) is 51.2. The lowest BCUT2D eigenvalue weighted by molar-refractivity contribution is -0.138. The number of rotatable bonds is 3. The molecule has 2 amide bonds. The van der Waals surface area contributed by atoms with Crippen LogP contribution in [0, 0.1) is 0 Å². The molecule has 4 heterocycles. The van der Waals surface area contributed by atoms with Crippen molar-refractivity contribution >= 4 is 17.6 Å². The predicted octanol–water partition coefficient (Wildman–Crippen LogP) is 0.949. The average Bonchev–Trinajstić information content (AvgIpc) is 2.92. The molecule has 0 aromatic carbocycles. The Morgan fingerprint density at radius 3 is 2.81 bits per heavy atom. The van der Waals surface area contributed by atoms with Gasteiger partial charge in [-0.1, -0.05) is 6.08 Å². The number of nitrogens with one attached hydrogen (secondary N) is 1. The second-order valence-corrected chi connectivity index (χ2v) is 7.29. The van der Waals surface area contributed by atoms with Crippen molar-refractivity contribution in [3.63, 3.8) is 0 Å². The molecule has 1 aromatic heterocycles. The molecule has 3 aliphatic heterocycles. The van der Waals surface area contributed by atoms with Crippen LogP contribution in [0.25, 0.3) is 0 Å². The van der Waals surface area contributed by atoms with Crippen LogP contribution >= 0.6 is 0 Å². The van der Waals surface area contributed by atoms with Crippen molar-refractivity contribution in [3.05, 3.63) is 52.9 Å². The summed E-state index contributed by atoms with van der Waals surface area (Å²) < 4.78 is 0. The highest BCUT2D eigenvalue weighted by Gasteiger charge is 2.47. The zero-order valence-corrected chi connectivity index (χ0v) is 15.1. The maximum absolute atomic E-state index is 12.9. The molecule has 0 bridgehead atoms. The number of carbonyl (C=O) groups is 2. The molecule has 1 fully saturated rings. The molecule has 27 heavy (non-hydrogen) atoms. The lowest BCUT2D eigenvalue weighted by Crippen LogP contribution is -2.51. The molecule has 1 atom stereocenters. The number of piperidine rings is 1. The smallest absolute Gasteiger partial charge is 0.274 e. The molecule has 0 aliphatic carbocycles. The summed E-state index contributed by atoms with van der Waals surface area (Å²) >= 11 is 0. The second kappa shape index (κ2) is 6.61. The van der Waals surface area contributed by atoms with Gasteiger partial charge >= 0.3 is 0 Å². The van der Waals surface area contributed by atoms with Gasteiger partial charge in [0.2, 0.25) is 5.91 Å². The normalized spacial score (nSPS) is 24.9. The van der Waals surface area contributed by atoms with Crippen molar-refractivity contribution in [1.82, 2.24) is 19.8 Å². The van der Waals surface area contributed by atoms with E-state index in [-0.39, 0.29) is 29.7 Å². The van der Waals surface area contributed by atoms with E-state index in [1.807, 2.05) is 12.2 Å². The molecule has 8 heteroatoms. The molecule has 0 spiro atoms. The highest BCUT2D eigenvalue weighted by atomic mass is 16.2. The summed E-state index contributed by atoms with van der Waals surface area (Å²) in [5.41, 5.74) is -0.364. The Morgan fingerprint density at radius 2 is 2.07 bits per heavy atom. The number of hydrogen-bond donors (Lipinski definition) is 1. The molecule has 8 nitrogen and oxygen atoms in total. The van der Waals surface area contributed by atoms with E-state index in [9.17, 15) is 14.4 Å². The highest BCUT2D eigenvalue weighted by molar-refractivity contribution is 6.13. The van der Waals surface area contributed by atoms with E-state index >= 15 is 0 Å². The maximum Gasteiger partial charge on any atom is 0.274 e. The Morgan fingerprint density at radius 1 is 1.30 bits per heavy atom. The van der Waals surface area contributed by atoms with Crippen LogP contribution in [0.4, 0.5) is 0 Å². The maximum atomic E-state index is 12.9. The molecule has 0 radical (unpaired) electrons. The van der Waals surface area contributed by atoms with Gasteiger partial charge in [0.1, 0.15) is 11.4 Å². The van der Waals surface area contributed by atoms with E-state index in [0.29, 0.717) is 18.9 Å². The predicted molar refractivity (Wildman–Crippen MR) is 99.0 cm³/mol. The number of amides is 2. The Balaban J connectivity index is 1.40. The van der Waals surface area contributed by atoms with E-state index < -0.39 is 5.54 Å². The van der Waals surface area contributed by atoms with Crippen LogP contribution in [0.3, 0.4) is 0 Å². The average molecular weight is 367 g/mol. The molecule has 1 saturated heterocycles. The molecule has 1 unspecified atom stereocenters. The minimum atomic E-state index is -0.973. The van der Waals surface area contributed by atoms with E-state index in [4.69, 9.17) is 0 Å². The van der Waals surface area contributed by atoms with Crippen molar-refractivity contribution in [1.29, 1.82) is 0 Å². The molecular formula is C19H21N5O3. The minimum absolute atomic E-state index is 0.0532. The van der Waals surface area contributed by atoms with Crippen LogP contribution in [-0.2, 0) is 9.59 Å². The topological polar surface area (TPSA) is 98.7 Å². The molecule has 0 saturated carbocycles. The van der Waals surface area contributed by atoms with Crippen molar-refractivity contribution in [2.24, 2.45) is 4.99 Å². The van der Waals surface area contributed by atoms with E-state index in [1.54, 1.807) is 29.0 Å². The summed E-state index contributed by atoms with van der Waals surface area (Å²) in [5.74, 6) is 0.411. The van der Waals surface area contributed by atoms with Gasteiger partial charge in [0.25, 0.3) is 11.5 Å². The van der Waals surface area contributed by atoms with Gasteiger partial charge < -0.3 is 14.8 Å². The standard InChI is InChI=1S/C19H21N5O3/c1-19(18(27)22-15-4-2-3-7-24(15)19)11-17(26)23-8-5-13(6-9-23)14-10-16(25)21-12-20-14/h2-4,7,10,12-13H,5-6,8-9,11H2,1H3,(H,20,21,25). The third-order valence-corrected chi connectivity index (χ3v) is 5.51. The Bertz CT molecular complexity index is 923. The van der Waals surface area contributed by atoms with Gasteiger partial charge in [-0.25, -0.2) is 4.98 Å². The Hall–Kier alpha value is -3.03. The minimum Gasteiger partial charge on any atom is -0.343 e. The number of aromatic amines is 1. The third kappa shape index (κ3) is 3.11. The van der Waals surface area contributed by atoms with Crippen LogP contribution in [-0.4, -0.2) is 56.0 Å². The number of aliphatic imine (C=N–C) groups is 1. The quantitative estimate of drug-likeness (QED) is 0.858. The molecule has 1 N–H and O–H groups in total. The van der Waals surface area contributed by atoms with Crippen molar-refractivity contribution in [2.45, 2.75) is 37.6 Å². The number of carbonyl (C=O) groups excluding carboxylic acids is 2. The van der Waals surface area contributed by atoms with Crippen LogP contribution in [0.15, 0.2) is 46.6 Å². The third-order valence-electron chi connectivity index (χ3n) is 5.51. The van der Waals surface area contributed by atoms with Crippen LogP contribution in [0.2, 0.25) is 0 Å². The lowest BCUT2D eigenvalue weighted by Gasteiger charge is -2.36. The van der Waals surface area contributed by atoms with Crippen molar-refractivity contribution < 1.29 is 9.59 Å². The van der Waals surface area contributed by atoms with Crippen molar-refractivity contribution in [2.75, 3.05) is 13.1 Å². The number of amidine groups is 1. The summed E-state index contributed by atoms with van der Waals surface area (Å²) in [6.45, 7) is 2.94. The van der Waals surface area contributed by atoms with E-state index in [1.165, 1.54) is 12.4 Å². The number of likely N-dealkylation sites (tertiary alicyclic amines) is 1. The van der Waals surface area contributed by atoms with Gasteiger partial charge in [0, 0.05) is 31.3 Å². The van der Waals surface area contributed by atoms with Gasteiger partial charge in [-0.3, -0.25) is 14.4 Å². The summed E-state index contributed by atoms with van der Waals surface area (Å²) in [5, 5.41) is 0. The second-order valence-electron chi connectivity index (χ2n) is 7.29. The SMILES string of the molecule is CC1(CC(=O)N2CCC(c3cc(=O)[nH]cn3)CC2)C(=O)N=C2C=CC=CN21. The molecular weight excluding hydrogens is 346 g/mol. The Kier molecular flexibility index (Phi) is 4.25. The van der Waals surface area contributed by atoms with Crippen molar-refractivity contribution in [3.8, 4) is 0 Å². The zero-order chi connectivity index (χ0) is 19.0. The van der Waals surface area contributed by atoms with Crippen LogP contribution < -0.4 is 5.56 Å². The number of allylic oxidation sites excluding steroid dienone is 2. The first kappa shape index (κ1) is 17.4. The molecule has 4 rings (SSSR count). The lowest BCUT2D eigenvalue weighted by atomic mass is 9.91. The molecule has 3 aliphatic rings. The first-order valence-electron chi connectivity index (χ1n) is 9.07. The van der Waals surface area contributed by atoms with Crippen LogP contribution in [0.5, 0.6) is 0 Å². The first-order valence-corrected chi connectivity index (χ1v) is 9.07. The fourth-order valence-corrected chi connectivity index (χ4v) is 3.87. The van der Waals surface area contributed by atoms with Gasteiger partial charge in [0.15, 0.2) is 0 Å². The highest BCUT2D eigenvalue weighted by Crippen LogP contribution is 2.32. The fraction of sp³-hybridized carbons (Fsp3) is 0.421. The summed E-state index contributed by atoms with van der Waals surface area (Å²) in [6, 6.07) is 1.52. The van der Waals surface area contributed by atoms with Gasteiger partial charge in [-0.05, 0) is 31.9 Å². The largest absolute Gasteiger partial charge is 0.343 e. The number of H-pyrrole nitrogens is 1. The van der Waals surface area contributed by atoms with Gasteiger partial charge in [0.05, 0.1) is 18.4 Å². The number of hydrogen-bond acceptors (Lipinski definition) is 5. The molecule has 1 aromatic rings. The monoisotopic (exact) mass is 367 g/mol. The summed E-state index contributed by atoms with van der Waals surface area (Å²) in [6.07, 6.45) is 10.2. The van der Waals surface area contributed by atoms with E-state index in [2.05, 4.69) is 15.0 Å². The van der Waals surface area contributed by atoms with E-state index in [0.717, 1.165) is 18.5 Å². The van der Waals surface area contributed by atoms with Gasteiger partial charge in [-0.15, -0.1) is 0 Å². The number of fused-ring (bicyclic) bond motifs is 1. The zero-order valence-electron chi connectivity index (χ0n) is 15.1. The number of nitrogens with zero attached hydrogens (tertiary/aromatic N) is 4. The Labute approximate surface area is 156 Å². The summed E-state index contributed by atoms with van der Waals surface area (Å²) in [7, 11) is 0. The van der Waals surface area contributed by atoms with Gasteiger partial charge in [-0.2, -0.15) is 4.99 Å². The molecule has 140 valence electrons. The first-order chi connectivity index (χ1) is 13.0.